The molecule has 0 unspecified atom stereocenters. The third-order valence-electron chi connectivity index (χ3n) is 9.24. The van der Waals surface area contributed by atoms with Gasteiger partial charge in [0.25, 0.3) is 5.91 Å². The monoisotopic (exact) mass is 640 g/mol. The van der Waals surface area contributed by atoms with Gasteiger partial charge in [0.05, 0.1) is 12.6 Å². The first-order valence-electron chi connectivity index (χ1n) is 16.7. The molecule has 0 spiro atoms. The molecule has 4 aromatic rings. The number of rotatable bonds is 5. The summed E-state index contributed by atoms with van der Waals surface area (Å²) in [6.45, 7) is 8.81. The fourth-order valence-corrected chi connectivity index (χ4v) is 6.97. The van der Waals surface area contributed by atoms with Gasteiger partial charge in [-0.2, -0.15) is 5.10 Å². The van der Waals surface area contributed by atoms with E-state index in [1.165, 1.54) is 0 Å². The SMILES string of the molecule is Cc1nc2n(n1)CCN(C(=O)c1[nH]c3c(c1C)C(=O)CCC3)CCCC(=O)N[C@H](Cc1c[nH]c3ccccc13)C(=O)N[C@H]2CC(C)C. The van der Waals surface area contributed by atoms with Gasteiger partial charge in [-0.25, -0.2) is 9.67 Å². The summed E-state index contributed by atoms with van der Waals surface area (Å²) in [5, 5.41) is 11.9. The molecule has 0 fully saturated rings. The number of para-hydroxylation sites is 1. The first-order valence-corrected chi connectivity index (χ1v) is 16.7. The van der Waals surface area contributed by atoms with Gasteiger partial charge in [-0.15, -0.1) is 0 Å². The lowest BCUT2D eigenvalue weighted by atomic mass is 9.94. The van der Waals surface area contributed by atoms with Crippen molar-refractivity contribution in [1.29, 1.82) is 0 Å². The van der Waals surface area contributed by atoms with E-state index in [-0.39, 0.29) is 35.8 Å². The molecule has 2 aliphatic rings. The summed E-state index contributed by atoms with van der Waals surface area (Å²) in [6, 6.07) is 6.61. The van der Waals surface area contributed by atoms with Crippen molar-refractivity contribution < 1.29 is 19.2 Å². The highest BCUT2D eigenvalue weighted by Gasteiger charge is 2.31. The van der Waals surface area contributed by atoms with Crippen molar-refractivity contribution in [3.8, 4) is 0 Å². The number of hydrogen-bond donors (Lipinski definition) is 4. The van der Waals surface area contributed by atoms with E-state index in [1.807, 2.05) is 44.3 Å². The fraction of sp³-hybridized carbons (Fsp3) is 0.486. The summed E-state index contributed by atoms with van der Waals surface area (Å²) in [6.07, 6.45) is 5.34. The van der Waals surface area contributed by atoms with Crippen LogP contribution in [-0.2, 0) is 29.0 Å². The maximum atomic E-state index is 14.1. The topological polar surface area (TPSA) is 158 Å². The Morgan fingerprint density at radius 3 is 2.57 bits per heavy atom. The fourth-order valence-electron chi connectivity index (χ4n) is 6.97. The van der Waals surface area contributed by atoms with Crippen LogP contribution in [0.5, 0.6) is 0 Å². The molecule has 47 heavy (non-hydrogen) atoms. The highest BCUT2D eigenvalue weighted by molar-refractivity contribution is 6.04. The number of ketones is 1. The Morgan fingerprint density at radius 1 is 0.979 bits per heavy atom. The minimum atomic E-state index is -0.820. The van der Waals surface area contributed by atoms with E-state index in [1.54, 1.807) is 9.58 Å². The second-order valence-corrected chi connectivity index (χ2v) is 13.3. The van der Waals surface area contributed by atoms with E-state index in [4.69, 9.17) is 4.98 Å². The van der Waals surface area contributed by atoms with E-state index < -0.39 is 12.1 Å². The molecule has 1 aliphatic carbocycles. The average Bonchev–Trinajstić information content (AvgIpc) is 3.72. The number of carbonyl (C=O) groups excluding carboxylic acids is 4. The summed E-state index contributed by atoms with van der Waals surface area (Å²) in [7, 11) is 0. The van der Waals surface area contributed by atoms with E-state index in [0.29, 0.717) is 73.8 Å². The van der Waals surface area contributed by atoms with Crippen molar-refractivity contribution in [3.63, 3.8) is 0 Å². The number of carbonyl (C=O) groups is 4. The highest BCUT2D eigenvalue weighted by atomic mass is 16.2. The Kier molecular flexibility index (Phi) is 9.28. The summed E-state index contributed by atoms with van der Waals surface area (Å²) >= 11 is 0. The average molecular weight is 641 g/mol. The normalized spacial score (nSPS) is 19.7. The molecule has 248 valence electrons. The Morgan fingerprint density at radius 2 is 1.79 bits per heavy atom. The number of amides is 3. The lowest BCUT2D eigenvalue weighted by Gasteiger charge is -2.27. The molecule has 0 bridgehead atoms. The van der Waals surface area contributed by atoms with Gasteiger partial charge in [-0.3, -0.25) is 19.2 Å². The maximum Gasteiger partial charge on any atom is 0.270 e. The van der Waals surface area contributed by atoms with Gasteiger partial charge in [-0.05, 0) is 62.6 Å². The Balaban J connectivity index is 1.32. The number of H-pyrrole nitrogens is 2. The number of benzene rings is 1. The quantitative estimate of drug-likeness (QED) is 0.257. The second kappa shape index (κ2) is 13.5. The predicted octanol–water partition coefficient (Wildman–Crippen LogP) is 4.09. The van der Waals surface area contributed by atoms with Gasteiger partial charge in [0, 0.05) is 60.7 Å². The van der Waals surface area contributed by atoms with E-state index >= 15 is 0 Å². The summed E-state index contributed by atoms with van der Waals surface area (Å²) < 4.78 is 1.79. The molecule has 4 N–H and O–H groups in total. The van der Waals surface area contributed by atoms with Gasteiger partial charge in [0.15, 0.2) is 5.78 Å². The molecular weight excluding hydrogens is 596 g/mol. The molecule has 12 heteroatoms. The molecule has 0 saturated heterocycles. The number of aromatic nitrogens is 5. The maximum absolute atomic E-state index is 14.1. The van der Waals surface area contributed by atoms with Crippen molar-refractivity contribution in [3.05, 3.63) is 70.2 Å². The number of fused-ring (bicyclic) bond motifs is 3. The summed E-state index contributed by atoms with van der Waals surface area (Å²) in [5.41, 5.74) is 4.47. The van der Waals surface area contributed by atoms with Gasteiger partial charge < -0.3 is 25.5 Å². The van der Waals surface area contributed by atoms with Gasteiger partial charge >= 0.3 is 0 Å². The molecule has 1 aromatic carbocycles. The van der Waals surface area contributed by atoms with Gasteiger partial charge in [0.2, 0.25) is 11.8 Å². The molecule has 12 nitrogen and oxygen atoms in total. The smallest absolute Gasteiger partial charge is 0.270 e. The number of aryl methyl sites for hydroxylation is 2. The Bertz CT molecular complexity index is 1810. The van der Waals surface area contributed by atoms with Crippen LogP contribution < -0.4 is 10.6 Å². The third-order valence-corrected chi connectivity index (χ3v) is 9.24. The number of nitrogens with one attached hydrogen (secondary N) is 4. The molecule has 2 atom stereocenters. The predicted molar refractivity (Wildman–Crippen MR) is 177 cm³/mol. The number of nitrogens with zero attached hydrogens (tertiary/aromatic N) is 4. The molecule has 1 aliphatic heterocycles. The van der Waals surface area contributed by atoms with Crippen LogP contribution in [0.1, 0.15) is 101 Å². The van der Waals surface area contributed by atoms with Crippen LogP contribution in [0.15, 0.2) is 30.5 Å². The van der Waals surface area contributed by atoms with Crippen molar-refractivity contribution >= 4 is 34.4 Å². The van der Waals surface area contributed by atoms with Gasteiger partial charge in [0.1, 0.15) is 23.4 Å². The molecule has 0 radical (unpaired) electrons. The summed E-state index contributed by atoms with van der Waals surface area (Å²) in [5.74, 6) is 0.735. The van der Waals surface area contributed by atoms with Crippen LogP contribution in [0.2, 0.25) is 0 Å². The molecule has 0 saturated carbocycles. The lowest BCUT2D eigenvalue weighted by Crippen LogP contribution is -2.49. The van der Waals surface area contributed by atoms with Crippen molar-refractivity contribution in [1.82, 2.24) is 40.3 Å². The van der Waals surface area contributed by atoms with Crippen LogP contribution in [0.3, 0.4) is 0 Å². The first kappa shape index (κ1) is 32.2. The van der Waals surface area contributed by atoms with Crippen molar-refractivity contribution in [2.45, 2.75) is 91.3 Å². The largest absolute Gasteiger partial charge is 0.361 e. The molecule has 3 aromatic heterocycles. The highest BCUT2D eigenvalue weighted by Crippen LogP contribution is 2.28. The van der Waals surface area contributed by atoms with Crippen LogP contribution >= 0.6 is 0 Å². The van der Waals surface area contributed by atoms with Crippen molar-refractivity contribution in [2.24, 2.45) is 5.92 Å². The zero-order chi connectivity index (χ0) is 33.2. The van der Waals surface area contributed by atoms with Crippen LogP contribution in [-0.4, -0.2) is 72.3 Å². The van der Waals surface area contributed by atoms with Crippen LogP contribution in [0, 0.1) is 19.8 Å². The molecule has 6 rings (SSSR count). The minimum Gasteiger partial charge on any atom is -0.361 e. The Hall–Kier alpha value is -4.74. The van der Waals surface area contributed by atoms with E-state index in [2.05, 4.69) is 39.5 Å². The van der Waals surface area contributed by atoms with Crippen molar-refractivity contribution in [2.75, 3.05) is 13.1 Å². The van der Waals surface area contributed by atoms with E-state index in [9.17, 15) is 19.2 Å². The first-order chi connectivity index (χ1) is 22.6. The minimum absolute atomic E-state index is 0.0693. The molecule has 4 heterocycles. The van der Waals surface area contributed by atoms with Crippen LogP contribution in [0.25, 0.3) is 10.9 Å². The zero-order valence-corrected chi connectivity index (χ0v) is 27.6. The Labute approximate surface area is 274 Å². The van der Waals surface area contributed by atoms with Gasteiger partial charge in [-0.1, -0.05) is 32.0 Å². The number of aromatic amines is 2. The lowest BCUT2D eigenvalue weighted by molar-refractivity contribution is -0.129. The molecule has 3 amide bonds. The zero-order valence-electron chi connectivity index (χ0n) is 27.6. The number of Topliss-reactive ketones (excluding diaryl/α,β-unsaturated/α-hetero) is 1. The number of hydrogen-bond acceptors (Lipinski definition) is 6. The van der Waals surface area contributed by atoms with E-state index in [0.717, 1.165) is 35.0 Å². The third kappa shape index (κ3) is 6.86. The molecular formula is C35H44N8O4. The summed E-state index contributed by atoms with van der Waals surface area (Å²) in [4.78, 5) is 67.1. The standard InChI is InChI=1S/C35H44N8O4/c1-20(2)17-27-33-37-22(4)41-43(33)16-15-42(35(47)32-21(3)31-26(39-32)11-7-12-29(31)44)14-8-13-30(45)38-28(34(46)40-27)18-23-19-36-25-10-6-5-9-24(23)25/h5-6,9-10,19-20,27-28,36,39H,7-8,11-18H2,1-4H3,(H,38,45)(H,40,46)/t27-,28+/m0/s1. The van der Waals surface area contributed by atoms with Crippen LogP contribution in [0.4, 0.5) is 0 Å². The second-order valence-electron chi connectivity index (χ2n) is 13.3.